The van der Waals surface area contributed by atoms with Gasteiger partial charge in [0.15, 0.2) is 0 Å². The Bertz CT molecular complexity index is 291. The van der Waals surface area contributed by atoms with Crippen LogP contribution in [0.4, 0.5) is 4.39 Å². The molecule has 0 aliphatic rings. The molecule has 1 rings (SSSR count). The Morgan fingerprint density at radius 2 is 1.77 bits per heavy atom. The van der Waals surface area contributed by atoms with Crippen molar-refractivity contribution in [3.8, 4) is 11.8 Å². The lowest BCUT2D eigenvalue weighted by Gasteiger charge is -1.89. The monoisotopic (exact) mass is 178 g/mol. The Labute approximate surface area is 79.8 Å². The predicted octanol–water partition coefficient (Wildman–Crippen LogP) is 3.61. The summed E-state index contributed by atoms with van der Waals surface area (Å²) in [6.45, 7) is 5.94. The van der Waals surface area contributed by atoms with Gasteiger partial charge in [-0.2, -0.15) is 0 Å². The molecule has 0 amide bonds. The molecule has 0 heterocycles. The molecule has 0 N–H and O–H groups in total. The molecule has 0 spiro atoms. The molecule has 0 saturated carbocycles. The standard InChI is InChI=1S/C9H7F.C3H8/c1-2-5-8-6-3-4-7-9(8)10;1-3-2/h3-4,6-7H,1H3;3H2,1-2H3. The molecule has 13 heavy (non-hydrogen) atoms. The van der Waals surface area contributed by atoms with Gasteiger partial charge in [-0.3, -0.25) is 0 Å². The smallest absolute Gasteiger partial charge is 0.138 e. The first kappa shape index (κ1) is 11.7. The van der Waals surface area contributed by atoms with Crippen LogP contribution in [0.3, 0.4) is 0 Å². The third-order valence-electron chi connectivity index (χ3n) is 1.13. The summed E-state index contributed by atoms with van der Waals surface area (Å²) < 4.78 is 12.7. The number of hydrogen-bond donors (Lipinski definition) is 0. The molecule has 0 aliphatic heterocycles. The van der Waals surface area contributed by atoms with Crippen molar-refractivity contribution in [1.82, 2.24) is 0 Å². The van der Waals surface area contributed by atoms with Crippen LogP contribution in [-0.4, -0.2) is 0 Å². The molecule has 0 bridgehead atoms. The third kappa shape index (κ3) is 5.03. The first-order valence-electron chi connectivity index (χ1n) is 4.43. The van der Waals surface area contributed by atoms with Crippen molar-refractivity contribution in [3.05, 3.63) is 35.6 Å². The fourth-order valence-electron chi connectivity index (χ4n) is 0.697. The highest BCUT2D eigenvalue weighted by molar-refractivity contribution is 5.34. The van der Waals surface area contributed by atoms with Crippen LogP contribution in [0.2, 0.25) is 0 Å². The van der Waals surface area contributed by atoms with Gasteiger partial charge in [-0.15, -0.1) is 5.92 Å². The van der Waals surface area contributed by atoms with E-state index in [-0.39, 0.29) is 5.82 Å². The van der Waals surface area contributed by atoms with Gasteiger partial charge in [0.05, 0.1) is 5.56 Å². The lowest BCUT2D eigenvalue weighted by Crippen LogP contribution is -1.79. The van der Waals surface area contributed by atoms with Gasteiger partial charge in [0, 0.05) is 0 Å². The van der Waals surface area contributed by atoms with Crippen LogP contribution in [0.1, 0.15) is 32.8 Å². The van der Waals surface area contributed by atoms with Crippen LogP contribution < -0.4 is 0 Å². The number of benzene rings is 1. The van der Waals surface area contributed by atoms with E-state index in [0.29, 0.717) is 5.56 Å². The topological polar surface area (TPSA) is 0 Å². The van der Waals surface area contributed by atoms with Crippen molar-refractivity contribution in [2.75, 3.05) is 0 Å². The van der Waals surface area contributed by atoms with Crippen molar-refractivity contribution in [2.45, 2.75) is 27.2 Å². The molecule has 0 aromatic heterocycles. The molecule has 0 aliphatic carbocycles. The van der Waals surface area contributed by atoms with Gasteiger partial charge in [0.2, 0.25) is 0 Å². The molecule has 0 saturated heterocycles. The van der Waals surface area contributed by atoms with Crippen LogP contribution in [0, 0.1) is 17.7 Å². The zero-order chi connectivity index (χ0) is 10.1. The van der Waals surface area contributed by atoms with Crippen molar-refractivity contribution >= 4 is 0 Å². The largest absolute Gasteiger partial charge is 0.206 e. The highest BCUT2D eigenvalue weighted by atomic mass is 19.1. The normalized spacial score (nSPS) is 7.69. The van der Waals surface area contributed by atoms with Gasteiger partial charge in [-0.05, 0) is 19.1 Å². The minimum Gasteiger partial charge on any atom is -0.206 e. The summed E-state index contributed by atoms with van der Waals surface area (Å²) >= 11 is 0. The summed E-state index contributed by atoms with van der Waals surface area (Å²) in [5.74, 6) is 5.03. The minimum atomic E-state index is -0.253. The predicted molar refractivity (Wildman–Crippen MR) is 54.9 cm³/mol. The summed E-state index contributed by atoms with van der Waals surface area (Å²) in [6, 6.07) is 6.48. The summed E-state index contributed by atoms with van der Waals surface area (Å²) in [7, 11) is 0. The average molecular weight is 178 g/mol. The summed E-state index contributed by atoms with van der Waals surface area (Å²) in [5, 5.41) is 0. The molecule has 70 valence electrons. The maximum absolute atomic E-state index is 12.7. The van der Waals surface area contributed by atoms with E-state index in [2.05, 4.69) is 25.7 Å². The van der Waals surface area contributed by atoms with E-state index in [1.165, 1.54) is 12.5 Å². The van der Waals surface area contributed by atoms with Crippen LogP contribution in [0.15, 0.2) is 24.3 Å². The lowest BCUT2D eigenvalue weighted by atomic mass is 10.2. The number of halogens is 1. The Kier molecular flexibility index (Phi) is 6.63. The first-order chi connectivity index (χ1) is 6.26. The average Bonchev–Trinajstić information content (AvgIpc) is 2.11. The van der Waals surface area contributed by atoms with Gasteiger partial charge >= 0.3 is 0 Å². The van der Waals surface area contributed by atoms with E-state index in [9.17, 15) is 4.39 Å². The SMILES string of the molecule is CC#Cc1ccccc1F.CCC. The molecular weight excluding hydrogens is 163 g/mol. The van der Waals surface area contributed by atoms with E-state index in [4.69, 9.17) is 0 Å². The van der Waals surface area contributed by atoms with Crippen LogP contribution in [0.5, 0.6) is 0 Å². The van der Waals surface area contributed by atoms with Crippen molar-refractivity contribution in [1.29, 1.82) is 0 Å². The van der Waals surface area contributed by atoms with E-state index in [0.717, 1.165) is 0 Å². The Morgan fingerprint density at radius 1 is 1.23 bits per heavy atom. The number of rotatable bonds is 0. The van der Waals surface area contributed by atoms with Crippen molar-refractivity contribution in [3.63, 3.8) is 0 Å². The molecule has 0 radical (unpaired) electrons. The van der Waals surface area contributed by atoms with E-state index >= 15 is 0 Å². The molecule has 1 aromatic carbocycles. The maximum atomic E-state index is 12.7. The summed E-state index contributed by atoms with van der Waals surface area (Å²) in [5.41, 5.74) is 0.463. The Hall–Kier alpha value is -1.29. The van der Waals surface area contributed by atoms with Crippen molar-refractivity contribution < 1.29 is 4.39 Å². The quantitative estimate of drug-likeness (QED) is 0.532. The van der Waals surface area contributed by atoms with Gasteiger partial charge in [0.1, 0.15) is 5.82 Å². The molecule has 0 fully saturated rings. The molecule has 0 nitrogen and oxygen atoms in total. The summed E-state index contributed by atoms with van der Waals surface area (Å²) in [4.78, 5) is 0. The van der Waals surface area contributed by atoms with Crippen LogP contribution >= 0.6 is 0 Å². The zero-order valence-electron chi connectivity index (χ0n) is 8.39. The van der Waals surface area contributed by atoms with Gasteiger partial charge in [-0.1, -0.05) is 38.3 Å². The lowest BCUT2D eigenvalue weighted by molar-refractivity contribution is 0.624. The van der Waals surface area contributed by atoms with E-state index < -0.39 is 0 Å². The van der Waals surface area contributed by atoms with Crippen molar-refractivity contribution in [2.24, 2.45) is 0 Å². The fraction of sp³-hybridized carbons (Fsp3) is 0.333. The minimum absolute atomic E-state index is 0.253. The highest BCUT2D eigenvalue weighted by Gasteiger charge is 1.92. The van der Waals surface area contributed by atoms with Gasteiger partial charge in [-0.25, -0.2) is 4.39 Å². The Balaban J connectivity index is 0.000000424. The third-order valence-corrected chi connectivity index (χ3v) is 1.13. The number of hydrogen-bond acceptors (Lipinski definition) is 0. The maximum Gasteiger partial charge on any atom is 0.138 e. The van der Waals surface area contributed by atoms with Crippen LogP contribution in [-0.2, 0) is 0 Å². The molecule has 1 aromatic rings. The molecule has 1 heteroatoms. The second kappa shape index (κ2) is 7.36. The molecular formula is C12H15F. The van der Waals surface area contributed by atoms with Crippen LogP contribution in [0.25, 0.3) is 0 Å². The molecule has 0 atom stereocenters. The van der Waals surface area contributed by atoms with Gasteiger partial charge in [0.25, 0.3) is 0 Å². The summed E-state index contributed by atoms with van der Waals surface area (Å²) in [6.07, 6.45) is 1.25. The van der Waals surface area contributed by atoms with E-state index in [1.54, 1.807) is 25.1 Å². The Morgan fingerprint density at radius 3 is 2.23 bits per heavy atom. The zero-order valence-corrected chi connectivity index (χ0v) is 8.39. The second-order valence-electron chi connectivity index (χ2n) is 2.56. The first-order valence-corrected chi connectivity index (χ1v) is 4.43. The molecule has 0 unspecified atom stereocenters. The van der Waals surface area contributed by atoms with E-state index in [1.807, 2.05) is 0 Å². The highest BCUT2D eigenvalue weighted by Crippen LogP contribution is 2.03. The van der Waals surface area contributed by atoms with Gasteiger partial charge < -0.3 is 0 Å². The second-order valence-corrected chi connectivity index (χ2v) is 2.56. The fourth-order valence-corrected chi connectivity index (χ4v) is 0.697.